The highest BCUT2D eigenvalue weighted by atomic mass is 16.5. The lowest BCUT2D eigenvalue weighted by Crippen LogP contribution is -2.36. The Morgan fingerprint density at radius 1 is 1.02 bits per heavy atom. The Morgan fingerprint density at radius 3 is 2.44 bits per heavy atom. The quantitative estimate of drug-likeness (QED) is 0.262. The molecule has 2 aromatic carbocycles. The Bertz CT molecular complexity index is 1510. The van der Waals surface area contributed by atoms with Crippen molar-refractivity contribution in [2.24, 2.45) is 0 Å². The van der Waals surface area contributed by atoms with Crippen molar-refractivity contribution < 1.29 is 14.6 Å². The van der Waals surface area contributed by atoms with Gasteiger partial charge in [-0.05, 0) is 41.3 Å². The van der Waals surface area contributed by atoms with Crippen molar-refractivity contribution in [1.29, 1.82) is 0 Å². The minimum absolute atomic E-state index is 0.00709. The van der Waals surface area contributed by atoms with Gasteiger partial charge in [0.1, 0.15) is 5.82 Å². The van der Waals surface area contributed by atoms with Gasteiger partial charge in [-0.25, -0.2) is 4.98 Å². The number of hydrogen-bond acceptors (Lipinski definition) is 10. The second-order valence-electron chi connectivity index (χ2n) is 10.7. The van der Waals surface area contributed by atoms with Crippen LogP contribution in [0.25, 0.3) is 11.4 Å². The summed E-state index contributed by atoms with van der Waals surface area (Å²) in [6.07, 6.45) is 1.70. The van der Waals surface area contributed by atoms with Gasteiger partial charge in [0.05, 0.1) is 31.7 Å². The van der Waals surface area contributed by atoms with Crippen molar-refractivity contribution in [3.63, 3.8) is 0 Å². The van der Waals surface area contributed by atoms with E-state index in [-0.39, 0.29) is 35.7 Å². The number of anilines is 5. The summed E-state index contributed by atoms with van der Waals surface area (Å²) in [5.74, 6) is 1.07. The van der Waals surface area contributed by atoms with Crippen LogP contribution in [-0.4, -0.2) is 57.3 Å². The van der Waals surface area contributed by atoms with Crippen LogP contribution in [0, 0.1) is 0 Å². The van der Waals surface area contributed by atoms with E-state index in [0.717, 1.165) is 24.5 Å². The van der Waals surface area contributed by atoms with E-state index < -0.39 is 0 Å². The van der Waals surface area contributed by atoms with Crippen LogP contribution in [0.4, 0.5) is 29.1 Å². The molecule has 1 aliphatic heterocycles. The van der Waals surface area contributed by atoms with Gasteiger partial charge in [0.25, 0.3) is 5.91 Å². The van der Waals surface area contributed by atoms with Gasteiger partial charge in [0.2, 0.25) is 11.9 Å². The molecule has 0 atom stereocenters. The van der Waals surface area contributed by atoms with Crippen LogP contribution in [0.15, 0.2) is 60.8 Å². The molecular weight excluding hydrogens is 520 g/mol. The smallest absolute Gasteiger partial charge is 0.255 e. The second-order valence-corrected chi connectivity index (χ2v) is 10.7. The Morgan fingerprint density at radius 2 is 1.78 bits per heavy atom. The minimum atomic E-state index is -0.351. The van der Waals surface area contributed by atoms with E-state index in [4.69, 9.17) is 10.5 Å². The van der Waals surface area contributed by atoms with Crippen LogP contribution < -0.4 is 21.3 Å². The summed E-state index contributed by atoms with van der Waals surface area (Å²) >= 11 is 0. The summed E-state index contributed by atoms with van der Waals surface area (Å²) in [5.41, 5.74) is 9.77. The molecule has 4 aromatic rings. The number of nitrogens with one attached hydrogen (secondary N) is 2. The molecular formula is C30H34N8O3. The monoisotopic (exact) mass is 554 g/mol. The average molecular weight is 555 g/mol. The summed E-state index contributed by atoms with van der Waals surface area (Å²) in [6, 6.07) is 16.5. The molecule has 0 unspecified atom stereocenters. The number of nitrogens with zero attached hydrogens (tertiary/aromatic N) is 5. The lowest BCUT2D eigenvalue weighted by atomic mass is 9.86. The summed E-state index contributed by atoms with van der Waals surface area (Å²) in [6.45, 7) is 8.96. The summed E-state index contributed by atoms with van der Waals surface area (Å²) in [4.78, 5) is 32.8. The van der Waals surface area contributed by atoms with E-state index in [9.17, 15) is 9.90 Å². The van der Waals surface area contributed by atoms with E-state index in [1.165, 1.54) is 0 Å². The molecule has 41 heavy (non-hydrogen) atoms. The number of amides is 1. The number of benzene rings is 2. The molecule has 0 bridgehead atoms. The van der Waals surface area contributed by atoms with Gasteiger partial charge >= 0.3 is 0 Å². The van der Waals surface area contributed by atoms with Crippen LogP contribution in [-0.2, 0) is 16.8 Å². The number of morpholine rings is 1. The molecule has 0 aliphatic carbocycles. The predicted molar refractivity (Wildman–Crippen MR) is 159 cm³/mol. The van der Waals surface area contributed by atoms with Crippen molar-refractivity contribution in [3.8, 4) is 11.4 Å². The third kappa shape index (κ3) is 6.59. The van der Waals surface area contributed by atoms with Crippen molar-refractivity contribution in [1.82, 2.24) is 19.9 Å². The number of nitrogens with two attached hydrogens (primary N) is 1. The zero-order chi connectivity index (χ0) is 29.0. The molecule has 5 N–H and O–H groups in total. The van der Waals surface area contributed by atoms with E-state index in [1.807, 2.05) is 24.3 Å². The minimum Gasteiger partial charge on any atom is -0.392 e. The van der Waals surface area contributed by atoms with Gasteiger partial charge in [-0.15, -0.1) is 0 Å². The molecule has 5 rings (SSSR count). The third-order valence-corrected chi connectivity index (χ3v) is 6.83. The van der Waals surface area contributed by atoms with Crippen molar-refractivity contribution in [2.75, 3.05) is 47.6 Å². The fraction of sp³-hybridized carbons (Fsp3) is 0.300. The summed E-state index contributed by atoms with van der Waals surface area (Å²) in [5, 5.41) is 16.3. The molecule has 11 nitrogen and oxygen atoms in total. The number of aliphatic hydroxyl groups excluding tert-OH is 1. The second kappa shape index (κ2) is 11.9. The Hall–Kier alpha value is -4.61. The van der Waals surface area contributed by atoms with E-state index in [1.54, 1.807) is 36.5 Å². The topological polar surface area (TPSA) is 151 Å². The molecule has 11 heteroatoms. The first-order valence-corrected chi connectivity index (χ1v) is 13.4. The molecule has 212 valence electrons. The largest absolute Gasteiger partial charge is 0.392 e. The van der Waals surface area contributed by atoms with Crippen LogP contribution in [0.3, 0.4) is 0 Å². The first-order valence-electron chi connectivity index (χ1n) is 13.4. The Balaban J connectivity index is 1.36. The molecule has 1 amide bonds. The van der Waals surface area contributed by atoms with Crippen molar-refractivity contribution >= 4 is 35.0 Å². The van der Waals surface area contributed by atoms with Gasteiger partial charge in [-0.2, -0.15) is 15.0 Å². The van der Waals surface area contributed by atoms with Crippen molar-refractivity contribution in [3.05, 3.63) is 77.5 Å². The number of nitrogen functional groups attached to an aromatic ring is 1. The molecule has 0 saturated carbocycles. The average Bonchev–Trinajstić information content (AvgIpc) is 2.97. The number of rotatable bonds is 7. The standard InChI is InChI=1S/C30H34N8O3/c1-30(2,3)20-9-7-19(8-10-20)27(40)34-24-6-4-5-22(23(24)18-39)26-35-28(31)37-29(36-26)33-21-11-12-25(32-17-21)38-13-15-41-16-14-38/h4-12,17,39H,13-16,18H2,1-3H3,(H,34,40)(H3,31,33,35,36,37). The van der Waals surface area contributed by atoms with Gasteiger partial charge < -0.3 is 31.1 Å². The first kappa shape index (κ1) is 27.9. The summed E-state index contributed by atoms with van der Waals surface area (Å²) < 4.78 is 5.41. The SMILES string of the molecule is CC(C)(C)c1ccc(C(=O)Nc2cccc(-c3nc(N)nc(Nc4ccc(N5CCOCC5)nc4)n3)c2CO)cc1. The van der Waals surface area contributed by atoms with Gasteiger partial charge in [-0.3, -0.25) is 4.79 Å². The zero-order valence-corrected chi connectivity index (χ0v) is 23.4. The third-order valence-electron chi connectivity index (χ3n) is 6.83. The molecule has 0 spiro atoms. The van der Waals surface area contributed by atoms with Gasteiger partial charge in [0.15, 0.2) is 5.82 Å². The highest BCUT2D eigenvalue weighted by Crippen LogP contribution is 2.29. The number of ether oxygens (including phenoxy) is 1. The summed E-state index contributed by atoms with van der Waals surface area (Å²) in [7, 11) is 0. The normalized spacial score (nSPS) is 13.6. The van der Waals surface area contributed by atoms with Gasteiger partial charge in [-0.1, -0.05) is 45.0 Å². The lowest BCUT2D eigenvalue weighted by Gasteiger charge is -2.27. The zero-order valence-electron chi connectivity index (χ0n) is 23.4. The maximum absolute atomic E-state index is 13.0. The molecule has 1 fully saturated rings. The van der Waals surface area contributed by atoms with Crippen LogP contribution in [0.2, 0.25) is 0 Å². The maximum atomic E-state index is 13.0. The molecule has 3 heterocycles. The van der Waals surface area contributed by atoms with Crippen LogP contribution >= 0.6 is 0 Å². The van der Waals surface area contributed by atoms with Crippen LogP contribution in [0.5, 0.6) is 0 Å². The van der Waals surface area contributed by atoms with Gasteiger partial charge in [0, 0.05) is 35.5 Å². The number of pyridine rings is 1. The lowest BCUT2D eigenvalue weighted by molar-refractivity contribution is 0.102. The first-order chi connectivity index (χ1) is 19.7. The Kier molecular flexibility index (Phi) is 8.09. The Labute approximate surface area is 238 Å². The molecule has 0 radical (unpaired) electrons. The maximum Gasteiger partial charge on any atom is 0.255 e. The van der Waals surface area contributed by atoms with Crippen LogP contribution in [0.1, 0.15) is 42.3 Å². The molecule has 1 aliphatic rings. The number of carbonyl (C=O) groups excluding carboxylic acids is 1. The number of aliphatic hydroxyl groups is 1. The number of aromatic nitrogens is 4. The predicted octanol–water partition coefficient (Wildman–Crippen LogP) is 4.14. The highest BCUT2D eigenvalue weighted by Gasteiger charge is 2.18. The fourth-order valence-corrected chi connectivity index (χ4v) is 4.54. The molecule has 2 aromatic heterocycles. The van der Waals surface area contributed by atoms with E-state index in [2.05, 4.69) is 56.2 Å². The highest BCUT2D eigenvalue weighted by molar-refractivity contribution is 6.05. The molecule has 1 saturated heterocycles. The number of hydrogen-bond donors (Lipinski definition) is 4. The fourth-order valence-electron chi connectivity index (χ4n) is 4.54. The van der Waals surface area contributed by atoms with E-state index >= 15 is 0 Å². The number of carbonyl (C=O) groups is 1. The van der Waals surface area contributed by atoms with Crippen molar-refractivity contribution in [2.45, 2.75) is 32.8 Å². The van der Waals surface area contributed by atoms with E-state index in [0.29, 0.717) is 41.3 Å².